The van der Waals surface area contributed by atoms with Gasteiger partial charge in [-0.25, -0.2) is 14.8 Å². The predicted molar refractivity (Wildman–Crippen MR) is 89.8 cm³/mol. The number of nitrogens with zero attached hydrogens (tertiary/aromatic N) is 3. The Balaban J connectivity index is 2.23. The van der Waals surface area contributed by atoms with Gasteiger partial charge in [-0.2, -0.15) is 0 Å². The van der Waals surface area contributed by atoms with Crippen molar-refractivity contribution in [1.82, 2.24) is 15.0 Å². The highest BCUT2D eigenvalue weighted by Crippen LogP contribution is 2.17. The number of carbonyl (C=O) groups is 1. The monoisotopic (exact) mass is 316 g/mol. The van der Waals surface area contributed by atoms with Crippen LogP contribution in [0.3, 0.4) is 0 Å². The number of rotatable bonds is 7. The Morgan fingerprint density at radius 3 is 2.61 bits per heavy atom. The topological polar surface area (TPSA) is 61.5 Å². The van der Waals surface area contributed by atoms with Crippen molar-refractivity contribution in [2.24, 2.45) is 0 Å². The molecule has 6 nitrogen and oxygen atoms in total. The molecule has 0 saturated heterocycles. The summed E-state index contributed by atoms with van der Waals surface area (Å²) in [5.74, 6) is 0.574. The maximum atomic E-state index is 13.0. The lowest BCUT2D eigenvalue weighted by atomic mass is 10.2. The normalized spacial score (nSPS) is 10.8. The van der Waals surface area contributed by atoms with Crippen LogP contribution in [0.25, 0.3) is 0 Å². The molecule has 23 heavy (non-hydrogen) atoms. The van der Waals surface area contributed by atoms with E-state index in [1.165, 1.54) is 5.06 Å². The third-order valence-electron chi connectivity index (χ3n) is 3.27. The first-order chi connectivity index (χ1) is 11.1. The van der Waals surface area contributed by atoms with Crippen LogP contribution in [0.4, 0.5) is 10.6 Å². The van der Waals surface area contributed by atoms with Gasteiger partial charge < -0.3 is 4.98 Å². The van der Waals surface area contributed by atoms with Gasteiger partial charge in [0, 0.05) is 6.20 Å². The number of H-pyrrole nitrogens is 1. The van der Waals surface area contributed by atoms with Crippen molar-refractivity contribution in [1.29, 1.82) is 0 Å². The minimum absolute atomic E-state index is 0.0636. The van der Waals surface area contributed by atoms with E-state index in [-0.39, 0.29) is 12.1 Å². The van der Waals surface area contributed by atoms with Crippen molar-refractivity contribution in [2.75, 3.05) is 11.5 Å². The van der Waals surface area contributed by atoms with E-state index in [9.17, 15) is 4.79 Å². The molecule has 0 atom stereocenters. The highest BCUT2D eigenvalue weighted by Gasteiger charge is 2.26. The minimum atomic E-state index is -0.218. The molecule has 0 radical (unpaired) electrons. The molecule has 0 spiro atoms. The number of amides is 2. The van der Waals surface area contributed by atoms with Crippen LogP contribution >= 0.6 is 0 Å². The quantitative estimate of drug-likeness (QED) is 0.794. The van der Waals surface area contributed by atoms with E-state index in [0.29, 0.717) is 19.0 Å². The summed E-state index contributed by atoms with van der Waals surface area (Å²) in [5.41, 5.74) is 1.03. The van der Waals surface area contributed by atoms with E-state index in [1.807, 2.05) is 51.1 Å². The SMILES string of the molecule is CCCON(C(=O)N(Cc1ccccc1)c1c[nH]cn1)C(C)C. The molecule has 0 aliphatic heterocycles. The van der Waals surface area contributed by atoms with E-state index >= 15 is 0 Å². The number of nitrogens with one attached hydrogen (secondary N) is 1. The number of imidazole rings is 1. The third kappa shape index (κ3) is 4.56. The Kier molecular flexibility index (Phi) is 6.17. The highest BCUT2D eigenvalue weighted by atomic mass is 16.7. The standard InChI is InChI=1S/C17H24N4O2/c1-4-10-23-21(14(2)3)17(22)20(16-11-18-13-19-16)12-15-8-6-5-7-9-15/h5-9,11,13-14H,4,10,12H2,1-3H3,(H,18,19). The number of carbonyl (C=O) groups excluding carboxylic acids is 1. The first-order valence-electron chi connectivity index (χ1n) is 7.89. The van der Waals surface area contributed by atoms with E-state index in [1.54, 1.807) is 17.4 Å². The van der Waals surface area contributed by atoms with Crippen molar-refractivity contribution in [2.45, 2.75) is 39.8 Å². The van der Waals surface area contributed by atoms with Gasteiger partial charge in [-0.15, -0.1) is 0 Å². The molecular formula is C17H24N4O2. The van der Waals surface area contributed by atoms with Crippen LogP contribution in [-0.4, -0.2) is 33.7 Å². The molecule has 0 fully saturated rings. The zero-order valence-electron chi connectivity index (χ0n) is 13.9. The van der Waals surface area contributed by atoms with Crippen LogP contribution in [0.15, 0.2) is 42.9 Å². The van der Waals surface area contributed by atoms with Crippen molar-refractivity contribution in [3.05, 3.63) is 48.4 Å². The Bertz CT molecular complexity index is 584. The van der Waals surface area contributed by atoms with E-state index in [2.05, 4.69) is 9.97 Å². The molecule has 1 aromatic heterocycles. The molecular weight excluding hydrogens is 292 g/mol. The van der Waals surface area contributed by atoms with Gasteiger partial charge >= 0.3 is 6.03 Å². The third-order valence-corrected chi connectivity index (χ3v) is 3.27. The number of urea groups is 1. The molecule has 0 bridgehead atoms. The molecule has 2 aromatic rings. The van der Waals surface area contributed by atoms with Gasteiger partial charge in [0.25, 0.3) is 0 Å². The van der Waals surface area contributed by atoms with Crippen molar-refractivity contribution >= 4 is 11.8 Å². The van der Waals surface area contributed by atoms with E-state index in [0.717, 1.165) is 12.0 Å². The zero-order chi connectivity index (χ0) is 16.7. The Labute approximate surface area is 137 Å². The van der Waals surface area contributed by atoms with Gasteiger partial charge in [-0.05, 0) is 25.8 Å². The molecule has 0 aliphatic rings. The number of aromatic nitrogens is 2. The predicted octanol–water partition coefficient (Wildman–Crippen LogP) is 3.59. The van der Waals surface area contributed by atoms with E-state index < -0.39 is 0 Å². The fourth-order valence-electron chi connectivity index (χ4n) is 2.15. The number of hydroxylamine groups is 2. The fraction of sp³-hybridized carbons (Fsp3) is 0.412. The van der Waals surface area contributed by atoms with Crippen LogP contribution < -0.4 is 4.90 Å². The lowest BCUT2D eigenvalue weighted by Gasteiger charge is -2.31. The average Bonchev–Trinajstić information content (AvgIpc) is 3.07. The summed E-state index contributed by atoms with van der Waals surface area (Å²) < 4.78 is 0. The van der Waals surface area contributed by atoms with Gasteiger partial charge in [0.2, 0.25) is 0 Å². The average molecular weight is 316 g/mol. The molecule has 2 rings (SSSR count). The lowest BCUT2D eigenvalue weighted by molar-refractivity contribution is -0.134. The maximum Gasteiger partial charge on any atom is 0.350 e. The van der Waals surface area contributed by atoms with Crippen molar-refractivity contribution < 1.29 is 9.63 Å². The molecule has 124 valence electrons. The Morgan fingerprint density at radius 2 is 2.04 bits per heavy atom. The van der Waals surface area contributed by atoms with Gasteiger partial charge in [-0.3, -0.25) is 9.74 Å². The van der Waals surface area contributed by atoms with Crippen LogP contribution in [0.5, 0.6) is 0 Å². The summed E-state index contributed by atoms with van der Waals surface area (Å²) in [6.45, 7) is 6.81. The van der Waals surface area contributed by atoms with Crippen LogP contribution in [0, 0.1) is 0 Å². The van der Waals surface area contributed by atoms with Gasteiger partial charge in [0.05, 0.1) is 25.5 Å². The zero-order valence-corrected chi connectivity index (χ0v) is 13.9. The summed E-state index contributed by atoms with van der Waals surface area (Å²) >= 11 is 0. The van der Waals surface area contributed by atoms with E-state index in [4.69, 9.17) is 4.84 Å². The van der Waals surface area contributed by atoms with Gasteiger partial charge in [0.1, 0.15) is 0 Å². The molecule has 0 aliphatic carbocycles. The fourth-order valence-corrected chi connectivity index (χ4v) is 2.15. The number of anilines is 1. The van der Waals surface area contributed by atoms with Crippen LogP contribution in [-0.2, 0) is 11.4 Å². The summed E-state index contributed by atoms with van der Waals surface area (Å²) in [5, 5.41) is 1.42. The Hall–Kier alpha value is -2.34. The first-order valence-corrected chi connectivity index (χ1v) is 7.89. The Morgan fingerprint density at radius 1 is 1.30 bits per heavy atom. The molecule has 0 saturated carbocycles. The second-order valence-corrected chi connectivity index (χ2v) is 5.53. The summed E-state index contributed by atoms with van der Waals surface area (Å²) in [4.78, 5) is 27.3. The van der Waals surface area contributed by atoms with Gasteiger partial charge in [-0.1, -0.05) is 37.3 Å². The number of aromatic amines is 1. The number of hydrogen-bond acceptors (Lipinski definition) is 3. The smallest absolute Gasteiger partial charge is 0.349 e. The maximum absolute atomic E-state index is 13.0. The van der Waals surface area contributed by atoms with Gasteiger partial charge in [0.15, 0.2) is 5.82 Å². The largest absolute Gasteiger partial charge is 0.350 e. The molecule has 2 amide bonds. The summed E-state index contributed by atoms with van der Waals surface area (Å²) in [7, 11) is 0. The second-order valence-electron chi connectivity index (χ2n) is 5.53. The van der Waals surface area contributed by atoms with Crippen LogP contribution in [0.2, 0.25) is 0 Å². The second kappa shape index (κ2) is 8.33. The van der Waals surface area contributed by atoms with Crippen LogP contribution in [0.1, 0.15) is 32.8 Å². The lowest BCUT2D eigenvalue weighted by Crippen LogP contribution is -2.46. The summed E-state index contributed by atoms with van der Waals surface area (Å²) in [6.07, 6.45) is 4.12. The molecule has 1 heterocycles. The molecule has 0 unspecified atom stereocenters. The first kappa shape index (κ1) is 17.0. The number of benzene rings is 1. The molecule has 1 N–H and O–H groups in total. The molecule has 6 heteroatoms. The number of hydrogen-bond donors (Lipinski definition) is 1. The van der Waals surface area contributed by atoms with Crippen molar-refractivity contribution in [3.63, 3.8) is 0 Å². The van der Waals surface area contributed by atoms with Crippen molar-refractivity contribution in [3.8, 4) is 0 Å². The summed E-state index contributed by atoms with van der Waals surface area (Å²) in [6, 6.07) is 9.55. The minimum Gasteiger partial charge on any atom is -0.349 e. The molecule has 1 aromatic carbocycles. The highest BCUT2D eigenvalue weighted by molar-refractivity contribution is 5.90.